The Balaban J connectivity index is 1.28. The number of rotatable bonds is 6. The second-order valence-corrected chi connectivity index (χ2v) is 7.54. The van der Waals surface area contributed by atoms with Crippen LogP contribution in [0.1, 0.15) is 15.9 Å². The Bertz CT molecular complexity index is 1260. The van der Waals surface area contributed by atoms with Crippen molar-refractivity contribution in [3.63, 3.8) is 0 Å². The molecule has 4 rings (SSSR count). The van der Waals surface area contributed by atoms with Crippen molar-refractivity contribution in [3.05, 3.63) is 102 Å². The number of halogens is 1. The van der Waals surface area contributed by atoms with Crippen molar-refractivity contribution in [2.75, 3.05) is 17.2 Å². The van der Waals surface area contributed by atoms with Gasteiger partial charge in [-0.3, -0.25) is 9.78 Å². The molecule has 0 saturated carbocycles. The summed E-state index contributed by atoms with van der Waals surface area (Å²) in [4.78, 5) is 16.6. The summed E-state index contributed by atoms with van der Waals surface area (Å²) in [7, 11) is 0. The second-order valence-electron chi connectivity index (χ2n) is 7.13. The van der Waals surface area contributed by atoms with Gasteiger partial charge < -0.3 is 16.0 Å². The van der Waals surface area contributed by atoms with E-state index in [4.69, 9.17) is 12.2 Å². The lowest BCUT2D eigenvalue weighted by molar-refractivity contribution is 0.102. The van der Waals surface area contributed by atoms with E-state index in [1.54, 1.807) is 36.4 Å². The Hall–Kier alpha value is -3.84. The van der Waals surface area contributed by atoms with Gasteiger partial charge >= 0.3 is 0 Å². The molecule has 0 spiro atoms. The summed E-state index contributed by atoms with van der Waals surface area (Å²) in [6, 6.07) is 23.0. The lowest BCUT2D eigenvalue weighted by Crippen LogP contribution is -2.30. The molecule has 1 heterocycles. The first kappa shape index (κ1) is 21.4. The van der Waals surface area contributed by atoms with Gasteiger partial charge in [-0.05, 0) is 72.7 Å². The number of fused-ring (bicyclic) bond motifs is 1. The Kier molecular flexibility index (Phi) is 6.67. The minimum absolute atomic E-state index is 0.00190. The third kappa shape index (κ3) is 5.25. The SMILES string of the molecule is O=C(Nc1ccc(NC(=S)NCCc2ccnc3ccccc23)cc1)c1ccccc1F. The number of carbonyl (C=O) groups is 1. The molecule has 0 aliphatic carbocycles. The molecule has 0 saturated heterocycles. The quantitative estimate of drug-likeness (QED) is 0.359. The van der Waals surface area contributed by atoms with Gasteiger partial charge in [-0.15, -0.1) is 0 Å². The smallest absolute Gasteiger partial charge is 0.258 e. The monoisotopic (exact) mass is 444 g/mol. The molecule has 7 heteroatoms. The van der Waals surface area contributed by atoms with Crippen LogP contribution >= 0.6 is 12.2 Å². The van der Waals surface area contributed by atoms with E-state index < -0.39 is 11.7 Å². The molecule has 0 aliphatic rings. The topological polar surface area (TPSA) is 66.1 Å². The molecule has 0 unspecified atom stereocenters. The standard InChI is InChI=1S/C25H21FN4OS/c26-22-7-3-1-6-21(22)24(31)29-18-9-11-19(12-10-18)30-25(32)28-16-14-17-13-15-27-23-8-4-2-5-20(17)23/h1-13,15H,14,16H2,(H,29,31)(H2,28,30,32). The van der Waals surface area contributed by atoms with Crippen LogP contribution in [-0.4, -0.2) is 22.5 Å². The van der Waals surface area contributed by atoms with Crippen molar-refractivity contribution in [2.24, 2.45) is 0 Å². The highest BCUT2D eigenvalue weighted by atomic mass is 32.1. The van der Waals surface area contributed by atoms with Crippen molar-refractivity contribution >= 4 is 45.5 Å². The number of nitrogens with one attached hydrogen (secondary N) is 3. The number of hydrogen-bond donors (Lipinski definition) is 3. The Morgan fingerprint density at radius 1 is 0.875 bits per heavy atom. The first-order valence-corrected chi connectivity index (χ1v) is 10.5. The number of anilines is 2. The number of aromatic nitrogens is 1. The summed E-state index contributed by atoms with van der Waals surface area (Å²) in [6.07, 6.45) is 2.63. The summed E-state index contributed by atoms with van der Waals surface area (Å²) >= 11 is 5.38. The molecule has 160 valence electrons. The Morgan fingerprint density at radius 3 is 2.34 bits per heavy atom. The highest BCUT2D eigenvalue weighted by molar-refractivity contribution is 7.80. The van der Waals surface area contributed by atoms with E-state index in [0.717, 1.165) is 23.0 Å². The highest BCUT2D eigenvalue weighted by Crippen LogP contribution is 2.17. The zero-order valence-corrected chi connectivity index (χ0v) is 18.0. The van der Waals surface area contributed by atoms with Gasteiger partial charge in [0, 0.05) is 29.5 Å². The molecule has 1 aromatic heterocycles. The summed E-state index contributed by atoms with van der Waals surface area (Å²) in [5.41, 5.74) is 3.53. The van der Waals surface area contributed by atoms with Gasteiger partial charge in [-0.1, -0.05) is 30.3 Å². The van der Waals surface area contributed by atoms with Crippen molar-refractivity contribution in [1.29, 1.82) is 0 Å². The molecule has 5 nitrogen and oxygen atoms in total. The normalized spacial score (nSPS) is 10.5. The molecule has 0 bridgehead atoms. The van der Waals surface area contributed by atoms with Crippen molar-refractivity contribution in [3.8, 4) is 0 Å². The van der Waals surface area contributed by atoms with Gasteiger partial charge in [0.15, 0.2) is 5.11 Å². The van der Waals surface area contributed by atoms with Crippen LogP contribution in [0, 0.1) is 5.82 Å². The number of benzene rings is 3. The molecule has 0 aliphatic heterocycles. The summed E-state index contributed by atoms with van der Waals surface area (Å²) in [6.45, 7) is 0.677. The summed E-state index contributed by atoms with van der Waals surface area (Å²) in [5, 5.41) is 10.7. The van der Waals surface area contributed by atoms with Gasteiger partial charge in [-0.2, -0.15) is 0 Å². The largest absolute Gasteiger partial charge is 0.362 e. The molecule has 0 fully saturated rings. The zero-order chi connectivity index (χ0) is 22.3. The average Bonchev–Trinajstić information content (AvgIpc) is 2.81. The van der Waals surface area contributed by atoms with Gasteiger partial charge in [-0.25, -0.2) is 4.39 Å². The van der Waals surface area contributed by atoms with Crippen LogP contribution in [0.2, 0.25) is 0 Å². The second kappa shape index (κ2) is 9.98. The predicted molar refractivity (Wildman–Crippen MR) is 130 cm³/mol. The average molecular weight is 445 g/mol. The van der Waals surface area contributed by atoms with Gasteiger partial charge in [0.25, 0.3) is 5.91 Å². The minimum Gasteiger partial charge on any atom is -0.362 e. The van der Waals surface area contributed by atoms with Gasteiger partial charge in [0.1, 0.15) is 5.82 Å². The number of pyridine rings is 1. The van der Waals surface area contributed by atoms with Crippen molar-refractivity contribution in [1.82, 2.24) is 10.3 Å². The number of para-hydroxylation sites is 1. The molecular formula is C25H21FN4OS. The van der Waals surface area contributed by atoms with E-state index in [-0.39, 0.29) is 5.56 Å². The number of amides is 1. The predicted octanol–water partition coefficient (Wildman–Crippen LogP) is 5.16. The van der Waals surface area contributed by atoms with Crippen LogP contribution in [0.3, 0.4) is 0 Å². The van der Waals surface area contributed by atoms with E-state index in [2.05, 4.69) is 27.0 Å². The molecule has 1 amide bonds. The first-order valence-electron chi connectivity index (χ1n) is 10.1. The Morgan fingerprint density at radius 2 is 1.56 bits per heavy atom. The van der Waals surface area contributed by atoms with E-state index in [0.29, 0.717) is 17.3 Å². The first-order chi connectivity index (χ1) is 15.6. The van der Waals surface area contributed by atoms with Crippen LogP contribution in [0.5, 0.6) is 0 Å². The van der Waals surface area contributed by atoms with Crippen LogP contribution in [0.25, 0.3) is 10.9 Å². The highest BCUT2D eigenvalue weighted by Gasteiger charge is 2.11. The number of nitrogens with zero attached hydrogens (tertiary/aromatic N) is 1. The van der Waals surface area contributed by atoms with Gasteiger partial charge in [0.05, 0.1) is 11.1 Å². The number of hydrogen-bond acceptors (Lipinski definition) is 3. The molecule has 3 N–H and O–H groups in total. The maximum absolute atomic E-state index is 13.7. The molecule has 3 aromatic carbocycles. The molecule has 0 atom stereocenters. The van der Waals surface area contributed by atoms with E-state index in [1.165, 1.54) is 17.7 Å². The minimum atomic E-state index is -0.556. The van der Waals surface area contributed by atoms with Gasteiger partial charge in [0.2, 0.25) is 0 Å². The van der Waals surface area contributed by atoms with Crippen LogP contribution < -0.4 is 16.0 Å². The lowest BCUT2D eigenvalue weighted by atomic mass is 10.1. The number of carbonyl (C=O) groups excluding carboxylic acids is 1. The summed E-state index contributed by atoms with van der Waals surface area (Å²) < 4.78 is 13.7. The van der Waals surface area contributed by atoms with Crippen molar-refractivity contribution in [2.45, 2.75) is 6.42 Å². The number of thiocarbonyl (C=S) groups is 1. The molecule has 4 aromatic rings. The zero-order valence-electron chi connectivity index (χ0n) is 17.1. The third-order valence-corrected chi connectivity index (χ3v) is 5.18. The molecule has 0 radical (unpaired) electrons. The van der Waals surface area contributed by atoms with Crippen LogP contribution in [0.4, 0.5) is 15.8 Å². The molecular weight excluding hydrogens is 423 g/mol. The fourth-order valence-corrected chi connectivity index (χ4v) is 3.56. The van der Waals surface area contributed by atoms with Crippen LogP contribution in [0.15, 0.2) is 85.1 Å². The maximum Gasteiger partial charge on any atom is 0.258 e. The lowest BCUT2D eigenvalue weighted by Gasteiger charge is -2.12. The summed E-state index contributed by atoms with van der Waals surface area (Å²) in [5.74, 6) is -1.05. The molecule has 32 heavy (non-hydrogen) atoms. The van der Waals surface area contributed by atoms with Crippen molar-refractivity contribution < 1.29 is 9.18 Å². The van der Waals surface area contributed by atoms with E-state index >= 15 is 0 Å². The fraction of sp³-hybridized carbons (Fsp3) is 0.0800. The maximum atomic E-state index is 13.7. The van der Waals surface area contributed by atoms with Crippen LogP contribution in [-0.2, 0) is 6.42 Å². The third-order valence-electron chi connectivity index (χ3n) is 4.94. The van der Waals surface area contributed by atoms with E-state index in [1.807, 2.05) is 30.5 Å². The van der Waals surface area contributed by atoms with E-state index in [9.17, 15) is 9.18 Å². The fourth-order valence-electron chi connectivity index (χ4n) is 3.34. The Labute approximate surface area is 190 Å².